The van der Waals surface area contributed by atoms with Crippen molar-refractivity contribution in [2.45, 2.75) is 51.7 Å². The fourth-order valence-corrected chi connectivity index (χ4v) is 2.09. The summed E-state index contributed by atoms with van der Waals surface area (Å²) in [6.45, 7) is 11.1. The maximum absolute atomic E-state index is 5.36. The summed E-state index contributed by atoms with van der Waals surface area (Å²) in [4.78, 5) is 2.51. The summed E-state index contributed by atoms with van der Waals surface area (Å²) in [5, 5.41) is 3.54. The maximum Gasteiger partial charge on any atom is 0.0253 e. The molecule has 0 bridgehead atoms. The van der Waals surface area contributed by atoms with Gasteiger partial charge in [0, 0.05) is 37.1 Å². The monoisotopic (exact) mass is 194 g/mol. The molecule has 1 N–H and O–H groups in total. The second kappa shape index (κ2) is 4.33. The van der Waals surface area contributed by atoms with Gasteiger partial charge in [-0.25, -0.2) is 0 Å². The van der Waals surface area contributed by atoms with Gasteiger partial charge in [0.1, 0.15) is 0 Å². The topological polar surface area (TPSA) is 15.3 Å². The van der Waals surface area contributed by atoms with E-state index < -0.39 is 0 Å². The van der Waals surface area contributed by atoms with Crippen molar-refractivity contribution in [3.8, 4) is 12.3 Å². The van der Waals surface area contributed by atoms with Crippen LogP contribution in [0.2, 0.25) is 0 Å². The Hall–Kier alpha value is -0.520. The van der Waals surface area contributed by atoms with Gasteiger partial charge in [-0.2, -0.15) is 0 Å². The standard InChI is InChI=1S/C12H22N2/c1-6-7-10(2)14-9-12(4,5)13-8-11(14)3/h1,10-11,13H,7-9H2,2-5H3. The molecule has 0 amide bonds. The molecule has 1 saturated heterocycles. The lowest BCUT2D eigenvalue weighted by Crippen LogP contribution is -2.62. The van der Waals surface area contributed by atoms with Gasteiger partial charge in [-0.15, -0.1) is 12.3 Å². The van der Waals surface area contributed by atoms with E-state index in [4.69, 9.17) is 6.42 Å². The molecule has 1 heterocycles. The first-order valence-corrected chi connectivity index (χ1v) is 5.40. The molecule has 0 aromatic carbocycles. The Morgan fingerprint density at radius 2 is 2.29 bits per heavy atom. The van der Waals surface area contributed by atoms with Crippen molar-refractivity contribution < 1.29 is 0 Å². The summed E-state index contributed by atoms with van der Waals surface area (Å²) in [5.74, 6) is 2.75. The van der Waals surface area contributed by atoms with Gasteiger partial charge in [0.25, 0.3) is 0 Å². The Kier molecular flexibility index (Phi) is 3.58. The second-order valence-corrected chi connectivity index (χ2v) is 5.04. The van der Waals surface area contributed by atoms with Gasteiger partial charge < -0.3 is 5.32 Å². The van der Waals surface area contributed by atoms with Crippen LogP contribution in [0.5, 0.6) is 0 Å². The molecule has 1 fully saturated rings. The van der Waals surface area contributed by atoms with Gasteiger partial charge >= 0.3 is 0 Å². The Labute approximate surface area is 88.1 Å². The number of hydrogen-bond donors (Lipinski definition) is 1. The van der Waals surface area contributed by atoms with Crippen LogP contribution in [0.4, 0.5) is 0 Å². The summed E-state index contributed by atoms with van der Waals surface area (Å²) < 4.78 is 0. The van der Waals surface area contributed by atoms with Crippen LogP contribution in [-0.4, -0.2) is 35.6 Å². The smallest absolute Gasteiger partial charge is 0.0253 e. The molecule has 0 radical (unpaired) electrons. The van der Waals surface area contributed by atoms with E-state index in [2.05, 4.69) is 43.8 Å². The number of rotatable bonds is 2. The van der Waals surface area contributed by atoms with Gasteiger partial charge in [-0.05, 0) is 27.7 Å². The molecule has 1 rings (SSSR count). The largest absolute Gasteiger partial charge is 0.309 e. The zero-order valence-electron chi connectivity index (χ0n) is 9.80. The first kappa shape index (κ1) is 11.6. The highest BCUT2D eigenvalue weighted by Gasteiger charge is 2.32. The predicted octanol–water partition coefficient (Wildman–Crippen LogP) is 1.47. The molecule has 0 aromatic rings. The van der Waals surface area contributed by atoms with E-state index in [9.17, 15) is 0 Å². The fraction of sp³-hybridized carbons (Fsp3) is 0.833. The van der Waals surface area contributed by atoms with Crippen LogP contribution in [0, 0.1) is 12.3 Å². The summed E-state index contributed by atoms with van der Waals surface area (Å²) in [7, 11) is 0. The third kappa shape index (κ3) is 2.73. The van der Waals surface area contributed by atoms with E-state index in [0.29, 0.717) is 12.1 Å². The van der Waals surface area contributed by atoms with Gasteiger partial charge in [0.15, 0.2) is 0 Å². The minimum atomic E-state index is 0.218. The van der Waals surface area contributed by atoms with Gasteiger partial charge in [0.05, 0.1) is 0 Å². The average molecular weight is 194 g/mol. The minimum absolute atomic E-state index is 0.218. The summed E-state index contributed by atoms with van der Waals surface area (Å²) in [6, 6.07) is 1.09. The van der Waals surface area contributed by atoms with Crippen LogP contribution in [0.25, 0.3) is 0 Å². The van der Waals surface area contributed by atoms with Crippen LogP contribution in [-0.2, 0) is 0 Å². The highest BCUT2D eigenvalue weighted by atomic mass is 15.3. The Balaban J connectivity index is 2.61. The summed E-state index contributed by atoms with van der Waals surface area (Å²) in [5.41, 5.74) is 0.218. The molecular weight excluding hydrogens is 172 g/mol. The molecule has 1 aliphatic heterocycles. The Morgan fingerprint density at radius 1 is 1.64 bits per heavy atom. The normalized spacial score (nSPS) is 29.5. The van der Waals surface area contributed by atoms with Crippen LogP contribution in [0.1, 0.15) is 34.1 Å². The third-order valence-electron chi connectivity index (χ3n) is 3.00. The van der Waals surface area contributed by atoms with Crippen LogP contribution in [0.3, 0.4) is 0 Å². The van der Waals surface area contributed by atoms with Crippen LogP contribution >= 0.6 is 0 Å². The van der Waals surface area contributed by atoms with Crippen molar-refractivity contribution in [3.63, 3.8) is 0 Å². The molecular formula is C12H22N2. The lowest BCUT2D eigenvalue weighted by Gasteiger charge is -2.46. The van der Waals surface area contributed by atoms with Crippen molar-refractivity contribution in [1.29, 1.82) is 0 Å². The number of hydrogen-bond acceptors (Lipinski definition) is 2. The van der Waals surface area contributed by atoms with Crippen molar-refractivity contribution in [1.82, 2.24) is 10.2 Å². The van der Waals surface area contributed by atoms with E-state index in [0.717, 1.165) is 19.5 Å². The Bertz CT molecular complexity index is 227. The fourth-order valence-electron chi connectivity index (χ4n) is 2.09. The number of nitrogens with one attached hydrogen (secondary N) is 1. The van der Waals surface area contributed by atoms with Crippen molar-refractivity contribution in [2.24, 2.45) is 0 Å². The SMILES string of the molecule is C#CCC(C)N1CC(C)(C)NCC1C. The van der Waals surface area contributed by atoms with E-state index in [1.54, 1.807) is 0 Å². The van der Waals surface area contributed by atoms with Crippen molar-refractivity contribution in [2.75, 3.05) is 13.1 Å². The molecule has 0 saturated carbocycles. The van der Waals surface area contributed by atoms with Crippen molar-refractivity contribution >= 4 is 0 Å². The lowest BCUT2D eigenvalue weighted by atomic mass is 9.97. The average Bonchev–Trinajstić information content (AvgIpc) is 2.10. The lowest BCUT2D eigenvalue weighted by molar-refractivity contribution is 0.0711. The molecule has 0 spiro atoms. The zero-order chi connectivity index (χ0) is 10.8. The van der Waals surface area contributed by atoms with Crippen molar-refractivity contribution in [3.05, 3.63) is 0 Å². The molecule has 80 valence electrons. The maximum atomic E-state index is 5.36. The molecule has 0 aromatic heterocycles. The van der Waals surface area contributed by atoms with E-state index in [-0.39, 0.29) is 5.54 Å². The van der Waals surface area contributed by atoms with E-state index in [1.165, 1.54) is 0 Å². The number of piperazine rings is 1. The van der Waals surface area contributed by atoms with E-state index >= 15 is 0 Å². The first-order chi connectivity index (χ1) is 6.46. The first-order valence-electron chi connectivity index (χ1n) is 5.40. The van der Waals surface area contributed by atoms with Crippen LogP contribution in [0.15, 0.2) is 0 Å². The minimum Gasteiger partial charge on any atom is -0.309 e. The predicted molar refractivity (Wildman–Crippen MR) is 61.2 cm³/mol. The molecule has 2 nitrogen and oxygen atoms in total. The molecule has 14 heavy (non-hydrogen) atoms. The van der Waals surface area contributed by atoms with E-state index in [1.807, 2.05) is 0 Å². The second-order valence-electron chi connectivity index (χ2n) is 5.04. The molecule has 2 heteroatoms. The highest BCUT2D eigenvalue weighted by molar-refractivity contribution is 4.96. The third-order valence-corrected chi connectivity index (χ3v) is 3.00. The summed E-state index contributed by atoms with van der Waals surface area (Å²) in [6.07, 6.45) is 6.20. The molecule has 0 aliphatic carbocycles. The molecule has 2 atom stereocenters. The summed E-state index contributed by atoms with van der Waals surface area (Å²) >= 11 is 0. The van der Waals surface area contributed by atoms with Gasteiger partial charge in [0.2, 0.25) is 0 Å². The zero-order valence-corrected chi connectivity index (χ0v) is 9.80. The molecule has 2 unspecified atom stereocenters. The van der Waals surface area contributed by atoms with Gasteiger partial charge in [-0.3, -0.25) is 4.90 Å². The van der Waals surface area contributed by atoms with Crippen LogP contribution < -0.4 is 5.32 Å². The number of nitrogens with zero attached hydrogens (tertiary/aromatic N) is 1. The Morgan fingerprint density at radius 3 is 2.86 bits per heavy atom. The quantitative estimate of drug-likeness (QED) is 0.670. The molecule has 1 aliphatic rings. The number of terminal acetylenes is 1. The van der Waals surface area contributed by atoms with Gasteiger partial charge in [-0.1, -0.05) is 0 Å². The highest BCUT2D eigenvalue weighted by Crippen LogP contribution is 2.18.